The van der Waals surface area contributed by atoms with Gasteiger partial charge in [0.2, 0.25) is 11.4 Å². The van der Waals surface area contributed by atoms with Gasteiger partial charge in [-0.2, -0.15) is 4.57 Å². The zero-order valence-corrected chi connectivity index (χ0v) is 19.9. The van der Waals surface area contributed by atoms with Crippen LogP contribution >= 0.6 is 0 Å². The van der Waals surface area contributed by atoms with Gasteiger partial charge in [-0.1, -0.05) is 60.7 Å². The van der Waals surface area contributed by atoms with E-state index in [9.17, 15) is 0 Å². The molecule has 0 bridgehead atoms. The molecule has 0 N–H and O–H groups in total. The lowest BCUT2D eigenvalue weighted by Crippen LogP contribution is -2.37. The molecule has 0 aliphatic carbocycles. The second-order valence-corrected chi connectivity index (χ2v) is 8.78. The average molecular weight is 443 g/mol. The maximum Gasteiger partial charge on any atom is 0.212 e. The maximum absolute atomic E-state index is 2.38. The second-order valence-electron chi connectivity index (χ2n) is 8.78. The Bertz CT molecular complexity index is 1420. The van der Waals surface area contributed by atoms with Crippen molar-refractivity contribution in [2.45, 2.75) is 19.9 Å². The molecule has 0 atom stereocenters. The van der Waals surface area contributed by atoms with E-state index < -0.39 is 0 Å². The van der Waals surface area contributed by atoms with E-state index in [0.717, 1.165) is 13.0 Å². The van der Waals surface area contributed by atoms with Crippen LogP contribution < -0.4 is 9.13 Å². The zero-order chi connectivity index (χ0) is 23.3. The van der Waals surface area contributed by atoms with Gasteiger partial charge in [0.1, 0.15) is 7.05 Å². The highest BCUT2D eigenvalue weighted by molar-refractivity contribution is 5.73. The molecule has 0 saturated heterocycles. The van der Waals surface area contributed by atoms with Crippen LogP contribution in [0.1, 0.15) is 11.1 Å². The van der Waals surface area contributed by atoms with Gasteiger partial charge < -0.3 is 0 Å². The van der Waals surface area contributed by atoms with Gasteiger partial charge in [-0.15, -0.1) is 0 Å². The Morgan fingerprint density at radius 1 is 0.588 bits per heavy atom. The van der Waals surface area contributed by atoms with Crippen LogP contribution in [-0.2, 0) is 20.0 Å². The van der Waals surface area contributed by atoms with Gasteiger partial charge in [0, 0.05) is 36.2 Å². The molecule has 0 aliphatic rings. The van der Waals surface area contributed by atoms with E-state index in [2.05, 4.69) is 145 Å². The summed E-state index contributed by atoms with van der Waals surface area (Å²) in [5.74, 6) is 0. The summed E-state index contributed by atoms with van der Waals surface area (Å²) in [5.41, 5.74) is 10.2. The van der Waals surface area contributed by atoms with Crippen molar-refractivity contribution >= 4 is 0 Å². The molecule has 0 radical (unpaired) electrons. The molecule has 5 aromatic rings. The SMILES string of the molecule is Cc1ccccc1-c1cccc[n+]1CCc1ccc(-c2ccccc2)cc1-c1cccc[n+]1C. The number of aromatic nitrogens is 2. The molecule has 0 unspecified atom stereocenters. The number of rotatable bonds is 6. The quantitative estimate of drug-likeness (QED) is 0.271. The molecule has 5 rings (SSSR count). The Kier molecular flexibility index (Phi) is 6.31. The summed E-state index contributed by atoms with van der Waals surface area (Å²) in [4.78, 5) is 0. The summed E-state index contributed by atoms with van der Waals surface area (Å²) in [5, 5.41) is 0. The summed E-state index contributed by atoms with van der Waals surface area (Å²) < 4.78 is 4.59. The van der Waals surface area contributed by atoms with Crippen LogP contribution in [0.5, 0.6) is 0 Å². The Morgan fingerprint density at radius 2 is 1.29 bits per heavy atom. The first kappa shape index (κ1) is 21.8. The van der Waals surface area contributed by atoms with Crippen molar-refractivity contribution in [3.63, 3.8) is 0 Å². The predicted molar refractivity (Wildman–Crippen MR) is 139 cm³/mol. The smallest absolute Gasteiger partial charge is 0.201 e. The van der Waals surface area contributed by atoms with E-state index in [-0.39, 0.29) is 0 Å². The van der Waals surface area contributed by atoms with Crippen LogP contribution in [0.15, 0.2) is 122 Å². The fraction of sp³-hybridized carbons (Fsp3) is 0.125. The molecule has 34 heavy (non-hydrogen) atoms. The number of benzene rings is 3. The summed E-state index contributed by atoms with van der Waals surface area (Å²) >= 11 is 0. The molecule has 3 aromatic carbocycles. The van der Waals surface area contributed by atoms with E-state index in [0.29, 0.717) is 0 Å². The van der Waals surface area contributed by atoms with Crippen LogP contribution in [0.3, 0.4) is 0 Å². The van der Waals surface area contributed by atoms with Crippen LogP contribution in [0, 0.1) is 6.92 Å². The molecule has 0 amide bonds. The summed E-state index contributed by atoms with van der Waals surface area (Å²) in [6, 6.07) is 39.0. The Balaban J connectivity index is 1.53. The molecule has 2 aromatic heterocycles. The Labute approximate surface area is 202 Å². The highest BCUT2D eigenvalue weighted by atomic mass is 15.0. The minimum Gasteiger partial charge on any atom is -0.201 e. The molecular formula is C32H30N2+2. The lowest BCUT2D eigenvalue weighted by molar-refractivity contribution is -0.685. The van der Waals surface area contributed by atoms with Gasteiger partial charge >= 0.3 is 0 Å². The molecule has 0 aliphatic heterocycles. The minimum absolute atomic E-state index is 0.915. The number of hydrogen-bond donors (Lipinski definition) is 0. The maximum atomic E-state index is 2.38. The normalized spacial score (nSPS) is 10.9. The van der Waals surface area contributed by atoms with E-state index in [1.54, 1.807) is 0 Å². The highest BCUT2D eigenvalue weighted by Gasteiger charge is 2.18. The van der Waals surface area contributed by atoms with E-state index >= 15 is 0 Å². The summed E-state index contributed by atoms with van der Waals surface area (Å²) in [7, 11) is 2.12. The highest BCUT2D eigenvalue weighted by Crippen LogP contribution is 2.29. The molecule has 0 fully saturated rings. The summed E-state index contributed by atoms with van der Waals surface area (Å²) in [6.45, 7) is 3.10. The van der Waals surface area contributed by atoms with Gasteiger partial charge in [0.25, 0.3) is 0 Å². The standard InChI is InChI=1S/C32H30N2/c1-25-12-6-7-15-29(25)32-17-9-11-22-34(32)23-20-27-18-19-28(26-13-4-3-5-14-26)24-30(27)31-16-8-10-21-33(31)2/h3-19,21-22,24H,20,23H2,1-2H3/q+2. The molecule has 0 spiro atoms. The van der Waals surface area contributed by atoms with Crippen molar-refractivity contribution in [3.8, 4) is 33.6 Å². The molecule has 166 valence electrons. The lowest BCUT2D eigenvalue weighted by Gasteiger charge is -2.11. The Hall–Kier alpha value is -4.04. The fourth-order valence-corrected chi connectivity index (χ4v) is 4.66. The zero-order valence-electron chi connectivity index (χ0n) is 19.9. The van der Waals surface area contributed by atoms with Crippen LogP contribution in [0.25, 0.3) is 33.6 Å². The monoisotopic (exact) mass is 442 g/mol. The second kappa shape index (κ2) is 9.84. The van der Waals surface area contributed by atoms with Gasteiger partial charge in [-0.3, -0.25) is 0 Å². The van der Waals surface area contributed by atoms with Crippen molar-refractivity contribution < 1.29 is 9.13 Å². The van der Waals surface area contributed by atoms with Crippen molar-refractivity contribution in [2.24, 2.45) is 7.05 Å². The van der Waals surface area contributed by atoms with Crippen LogP contribution in [0.4, 0.5) is 0 Å². The fourth-order valence-electron chi connectivity index (χ4n) is 4.66. The predicted octanol–water partition coefficient (Wildman–Crippen LogP) is 6.35. The number of pyridine rings is 2. The van der Waals surface area contributed by atoms with Crippen molar-refractivity contribution in [1.29, 1.82) is 0 Å². The first-order chi connectivity index (χ1) is 16.7. The first-order valence-corrected chi connectivity index (χ1v) is 11.9. The van der Waals surface area contributed by atoms with Crippen molar-refractivity contribution in [2.75, 3.05) is 0 Å². The van der Waals surface area contributed by atoms with Gasteiger partial charge in [-0.05, 0) is 53.4 Å². The third kappa shape index (κ3) is 4.53. The number of hydrogen-bond acceptors (Lipinski definition) is 0. The van der Waals surface area contributed by atoms with Crippen LogP contribution in [-0.4, -0.2) is 0 Å². The lowest BCUT2D eigenvalue weighted by atomic mass is 9.95. The minimum atomic E-state index is 0.915. The third-order valence-corrected chi connectivity index (χ3v) is 6.53. The molecule has 2 heteroatoms. The molecule has 2 heterocycles. The molecular weight excluding hydrogens is 412 g/mol. The Morgan fingerprint density at radius 3 is 2.09 bits per heavy atom. The number of nitrogens with zero attached hydrogens (tertiary/aromatic N) is 2. The largest absolute Gasteiger partial charge is 0.212 e. The van der Waals surface area contributed by atoms with E-state index in [4.69, 9.17) is 0 Å². The van der Waals surface area contributed by atoms with Gasteiger partial charge in [0.15, 0.2) is 18.9 Å². The van der Waals surface area contributed by atoms with Crippen molar-refractivity contribution in [1.82, 2.24) is 0 Å². The molecule has 2 nitrogen and oxygen atoms in total. The average Bonchev–Trinajstić information content (AvgIpc) is 2.89. The van der Waals surface area contributed by atoms with Crippen molar-refractivity contribution in [3.05, 3.63) is 133 Å². The first-order valence-electron chi connectivity index (χ1n) is 11.9. The molecule has 0 saturated carbocycles. The summed E-state index contributed by atoms with van der Waals surface area (Å²) in [6.07, 6.45) is 5.27. The van der Waals surface area contributed by atoms with Gasteiger partial charge in [0.05, 0.1) is 5.56 Å². The van der Waals surface area contributed by atoms with Gasteiger partial charge in [-0.25, -0.2) is 4.57 Å². The number of aryl methyl sites for hydroxylation is 4. The van der Waals surface area contributed by atoms with E-state index in [1.807, 2.05) is 0 Å². The van der Waals surface area contributed by atoms with E-state index in [1.165, 1.54) is 44.8 Å². The van der Waals surface area contributed by atoms with Crippen LogP contribution in [0.2, 0.25) is 0 Å². The third-order valence-electron chi connectivity index (χ3n) is 6.53. The topological polar surface area (TPSA) is 7.76 Å².